The number of carbonyl (C=O) groups is 2. The summed E-state index contributed by atoms with van der Waals surface area (Å²) in [6, 6.07) is 7.03. The van der Waals surface area contributed by atoms with Crippen molar-refractivity contribution >= 4 is 23.4 Å². The molecule has 124 valence electrons. The van der Waals surface area contributed by atoms with Crippen LogP contribution in [-0.2, 0) is 4.79 Å². The first-order valence-corrected chi connectivity index (χ1v) is 8.57. The molecule has 0 bridgehead atoms. The Morgan fingerprint density at radius 3 is 2.65 bits per heavy atom. The van der Waals surface area contributed by atoms with Gasteiger partial charge in [0.05, 0.1) is 5.92 Å². The number of rotatable bonds is 2. The fourth-order valence-corrected chi connectivity index (χ4v) is 3.46. The third kappa shape index (κ3) is 3.85. The molecule has 23 heavy (non-hydrogen) atoms. The van der Waals surface area contributed by atoms with Crippen molar-refractivity contribution in [3.05, 3.63) is 34.9 Å². The van der Waals surface area contributed by atoms with Crippen molar-refractivity contribution in [3.8, 4) is 0 Å². The lowest BCUT2D eigenvalue weighted by molar-refractivity contribution is -0.134. The maximum Gasteiger partial charge on any atom is 0.253 e. The van der Waals surface area contributed by atoms with Gasteiger partial charge in [0.1, 0.15) is 0 Å². The van der Waals surface area contributed by atoms with E-state index >= 15 is 0 Å². The van der Waals surface area contributed by atoms with Gasteiger partial charge in [-0.2, -0.15) is 0 Å². The molecular weight excluding hydrogens is 314 g/mol. The summed E-state index contributed by atoms with van der Waals surface area (Å²) in [6.07, 6.45) is 1.73. The van der Waals surface area contributed by atoms with Gasteiger partial charge in [0.2, 0.25) is 5.91 Å². The highest BCUT2D eigenvalue weighted by molar-refractivity contribution is 6.30. The Bertz CT molecular complexity index is 587. The monoisotopic (exact) mass is 335 g/mol. The van der Waals surface area contributed by atoms with Crippen LogP contribution >= 0.6 is 11.6 Å². The summed E-state index contributed by atoms with van der Waals surface area (Å²) in [5.74, 6) is 0.321. The van der Waals surface area contributed by atoms with E-state index in [4.69, 9.17) is 11.6 Å². The summed E-state index contributed by atoms with van der Waals surface area (Å²) in [5, 5.41) is 3.80. The molecule has 0 radical (unpaired) electrons. The van der Waals surface area contributed by atoms with Gasteiger partial charge >= 0.3 is 0 Å². The Morgan fingerprint density at radius 2 is 1.91 bits per heavy atom. The highest BCUT2D eigenvalue weighted by atomic mass is 35.5. The van der Waals surface area contributed by atoms with Crippen LogP contribution in [0.5, 0.6) is 0 Å². The molecule has 1 N–H and O–H groups in total. The van der Waals surface area contributed by atoms with Gasteiger partial charge in [-0.15, -0.1) is 0 Å². The number of benzene rings is 1. The lowest BCUT2D eigenvalue weighted by Gasteiger charge is -2.24. The van der Waals surface area contributed by atoms with E-state index in [0.717, 1.165) is 32.5 Å². The zero-order chi connectivity index (χ0) is 16.2. The SMILES string of the molecule is O=C(c1cccc(Cl)c1)N1CCCN(C(=O)C2CCNC2)CC1. The van der Waals surface area contributed by atoms with Gasteiger partial charge < -0.3 is 15.1 Å². The molecule has 0 spiro atoms. The lowest BCUT2D eigenvalue weighted by Crippen LogP contribution is -2.40. The normalized spacial score (nSPS) is 22.0. The van der Waals surface area contributed by atoms with Crippen molar-refractivity contribution < 1.29 is 9.59 Å². The molecule has 2 heterocycles. The molecular formula is C17H22ClN3O2. The Morgan fingerprint density at radius 1 is 1.13 bits per heavy atom. The predicted molar refractivity (Wildman–Crippen MR) is 89.5 cm³/mol. The number of hydrogen-bond donors (Lipinski definition) is 1. The molecule has 1 aromatic rings. The van der Waals surface area contributed by atoms with Crippen LogP contribution in [0.4, 0.5) is 0 Å². The van der Waals surface area contributed by atoms with Crippen LogP contribution in [0.25, 0.3) is 0 Å². The Hall–Kier alpha value is -1.59. The standard InChI is InChI=1S/C17H22ClN3O2/c18-15-4-1-3-13(11-15)16(22)20-7-2-8-21(10-9-20)17(23)14-5-6-19-12-14/h1,3-4,11,14,19H,2,5-10,12H2. The Kier molecular flexibility index (Phi) is 5.18. The van der Waals surface area contributed by atoms with E-state index in [2.05, 4.69) is 5.32 Å². The third-order valence-corrected chi connectivity index (χ3v) is 4.81. The Balaban J connectivity index is 1.61. The van der Waals surface area contributed by atoms with Crippen LogP contribution in [0.1, 0.15) is 23.2 Å². The van der Waals surface area contributed by atoms with Gasteiger partial charge in [-0.05, 0) is 37.6 Å². The highest BCUT2D eigenvalue weighted by Gasteiger charge is 2.29. The number of nitrogens with zero attached hydrogens (tertiary/aromatic N) is 2. The second-order valence-electron chi connectivity index (χ2n) is 6.17. The largest absolute Gasteiger partial charge is 0.341 e. The number of hydrogen-bond acceptors (Lipinski definition) is 3. The molecule has 5 nitrogen and oxygen atoms in total. The molecule has 0 aliphatic carbocycles. The van der Waals surface area contributed by atoms with Gasteiger partial charge in [0.25, 0.3) is 5.91 Å². The zero-order valence-corrected chi connectivity index (χ0v) is 13.9. The van der Waals surface area contributed by atoms with E-state index in [1.807, 2.05) is 9.80 Å². The lowest BCUT2D eigenvalue weighted by atomic mass is 10.1. The second-order valence-corrected chi connectivity index (χ2v) is 6.61. The minimum atomic E-state index is -0.00988. The van der Waals surface area contributed by atoms with E-state index < -0.39 is 0 Å². The predicted octanol–water partition coefficient (Wildman–Crippen LogP) is 1.62. The average Bonchev–Trinajstić information content (AvgIpc) is 2.98. The van der Waals surface area contributed by atoms with E-state index in [1.165, 1.54) is 0 Å². The van der Waals surface area contributed by atoms with Gasteiger partial charge in [-0.1, -0.05) is 17.7 Å². The number of halogens is 1. The Labute approximate surface area is 141 Å². The third-order valence-electron chi connectivity index (χ3n) is 4.58. The molecule has 2 aliphatic rings. The van der Waals surface area contributed by atoms with Crippen LogP contribution in [-0.4, -0.2) is 60.9 Å². The van der Waals surface area contributed by atoms with Gasteiger partial charge in [0, 0.05) is 43.3 Å². The minimum absolute atomic E-state index is 0.00988. The molecule has 2 amide bonds. The molecule has 2 saturated heterocycles. The van der Waals surface area contributed by atoms with Gasteiger partial charge in [-0.3, -0.25) is 9.59 Å². The van der Waals surface area contributed by atoms with E-state index in [1.54, 1.807) is 24.3 Å². The van der Waals surface area contributed by atoms with Crippen LogP contribution in [0.3, 0.4) is 0 Å². The maximum atomic E-state index is 12.6. The maximum absolute atomic E-state index is 12.6. The van der Waals surface area contributed by atoms with Crippen molar-refractivity contribution in [1.82, 2.24) is 15.1 Å². The first kappa shape index (κ1) is 16.3. The molecule has 2 fully saturated rings. The molecule has 1 atom stereocenters. The van der Waals surface area contributed by atoms with Crippen LogP contribution < -0.4 is 5.32 Å². The number of nitrogens with one attached hydrogen (secondary N) is 1. The van der Waals surface area contributed by atoms with Gasteiger partial charge in [-0.25, -0.2) is 0 Å². The molecule has 6 heteroatoms. The summed E-state index contributed by atoms with van der Waals surface area (Å²) in [5.41, 5.74) is 0.609. The topological polar surface area (TPSA) is 52.7 Å². The fraction of sp³-hybridized carbons (Fsp3) is 0.529. The van der Waals surface area contributed by atoms with Crippen molar-refractivity contribution in [2.45, 2.75) is 12.8 Å². The van der Waals surface area contributed by atoms with E-state index in [0.29, 0.717) is 30.2 Å². The zero-order valence-electron chi connectivity index (χ0n) is 13.1. The quantitative estimate of drug-likeness (QED) is 0.893. The van der Waals surface area contributed by atoms with Crippen molar-refractivity contribution in [3.63, 3.8) is 0 Å². The molecule has 0 saturated carbocycles. The van der Waals surface area contributed by atoms with Gasteiger partial charge in [0.15, 0.2) is 0 Å². The van der Waals surface area contributed by atoms with Crippen molar-refractivity contribution in [1.29, 1.82) is 0 Å². The first-order valence-electron chi connectivity index (χ1n) is 8.19. The van der Waals surface area contributed by atoms with Crippen LogP contribution in [0.2, 0.25) is 5.02 Å². The second kappa shape index (κ2) is 7.32. The van der Waals surface area contributed by atoms with E-state index in [9.17, 15) is 9.59 Å². The minimum Gasteiger partial charge on any atom is -0.341 e. The summed E-state index contributed by atoms with van der Waals surface area (Å²) >= 11 is 5.97. The first-order chi connectivity index (χ1) is 11.1. The summed E-state index contributed by atoms with van der Waals surface area (Å²) < 4.78 is 0. The number of amides is 2. The van der Waals surface area contributed by atoms with Crippen molar-refractivity contribution in [2.24, 2.45) is 5.92 Å². The average molecular weight is 336 g/mol. The van der Waals surface area contributed by atoms with Crippen molar-refractivity contribution in [2.75, 3.05) is 39.3 Å². The molecule has 0 aromatic heterocycles. The summed E-state index contributed by atoms with van der Waals surface area (Å²) in [4.78, 5) is 28.8. The molecule has 1 aromatic carbocycles. The molecule has 2 aliphatic heterocycles. The molecule has 1 unspecified atom stereocenters. The summed E-state index contributed by atoms with van der Waals surface area (Å²) in [6.45, 7) is 4.30. The highest BCUT2D eigenvalue weighted by Crippen LogP contribution is 2.16. The smallest absolute Gasteiger partial charge is 0.253 e. The van der Waals surface area contributed by atoms with Crippen LogP contribution in [0.15, 0.2) is 24.3 Å². The number of carbonyl (C=O) groups excluding carboxylic acids is 2. The van der Waals surface area contributed by atoms with Crippen LogP contribution in [0, 0.1) is 5.92 Å². The molecule has 3 rings (SSSR count). The fourth-order valence-electron chi connectivity index (χ4n) is 3.27. The summed E-state index contributed by atoms with van der Waals surface area (Å²) in [7, 11) is 0. The van der Waals surface area contributed by atoms with E-state index in [-0.39, 0.29) is 17.7 Å².